The van der Waals surface area contributed by atoms with Crippen LogP contribution in [-0.4, -0.2) is 67.2 Å². The van der Waals surface area contributed by atoms with Gasteiger partial charge in [0.25, 0.3) is 5.56 Å². The molecule has 0 bridgehead atoms. The average Bonchev–Trinajstić information content (AvgIpc) is 3.14. The molecule has 0 N–H and O–H groups in total. The van der Waals surface area contributed by atoms with E-state index >= 15 is 0 Å². The van der Waals surface area contributed by atoms with Crippen LogP contribution in [0.5, 0.6) is 17.2 Å². The smallest absolute Gasteiger partial charge is 0.268 e. The summed E-state index contributed by atoms with van der Waals surface area (Å²) in [4.78, 5) is 29.5. The highest BCUT2D eigenvalue weighted by atomic mass is 32.1. The van der Waals surface area contributed by atoms with Gasteiger partial charge in [0.2, 0.25) is 11.7 Å². The van der Waals surface area contributed by atoms with E-state index in [1.165, 1.54) is 11.5 Å². The summed E-state index contributed by atoms with van der Waals surface area (Å²) in [7, 11) is 4.81. The molecule has 4 rings (SSSR count). The monoisotopic (exact) mass is 457 g/mol. The molecular formula is C23H27N3O5S. The lowest BCUT2D eigenvalue weighted by atomic mass is 10.1. The molecule has 32 heavy (non-hydrogen) atoms. The number of amides is 1. The van der Waals surface area contributed by atoms with Gasteiger partial charge in [-0.3, -0.25) is 18.4 Å². The first-order valence-electron chi connectivity index (χ1n) is 10.4. The van der Waals surface area contributed by atoms with Crippen LogP contribution in [0.25, 0.3) is 10.1 Å². The maximum atomic E-state index is 12.8. The van der Waals surface area contributed by atoms with E-state index in [1.807, 2.05) is 35.2 Å². The van der Waals surface area contributed by atoms with E-state index in [0.717, 1.165) is 23.4 Å². The second kappa shape index (κ2) is 9.62. The lowest BCUT2D eigenvalue weighted by Gasteiger charge is -2.35. The van der Waals surface area contributed by atoms with Crippen molar-refractivity contribution < 1.29 is 19.0 Å². The van der Waals surface area contributed by atoms with Crippen molar-refractivity contribution in [2.45, 2.75) is 13.1 Å². The fraction of sp³-hybridized carbons (Fsp3) is 0.391. The van der Waals surface area contributed by atoms with Gasteiger partial charge >= 0.3 is 0 Å². The molecule has 0 unspecified atom stereocenters. The van der Waals surface area contributed by atoms with E-state index in [2.05, 4.69) is 4.90 Å². The minimum Gasteiger partial charge on any atom is -0.493 e. The molecule has 0 spiro atoms. The zero-order valence-electron chi connectivity index (χ0n) is 18.5. The Morgan fingerprint density at radius 3 is 2.31 bits per heavy atom. The average molecular weight is 458 g/mol. The molecule has 1 aliphatic rings. The van der Waals surface area contributed by atoms with Gasteiger partial charge in [0.05, 0.1) is 31.4 Å². The molecule has 0 saturated carbocycles. The maximum absolute atomic E-state index is 12.8. The van der Waals surface area contributed by atoms with Crippen LogP contribution in [-0.2, 0) is 17.9 Å². The first kappa shape index (κ1) is 22.2. The van der Waals surface area contributed by atoms with Gasteiger partial charge in [0.15, 0.2) is 11.5 Å². The first-order chi connectivity index (χ1) is 15.5. The maximum Gasteiger partial charge on any atom is 0.268 e. The Morgan fingerprint density at radius 1 is 0.938 bits per heavy atom. The van der Waals surface area contributed by atoms with Gasteiger partial charge in [0, 0.05) is 38.3 Å². The molecule has 9 heteroatoms. The van der Waals surface area contributed by atoms with Crippen LogP contribution in [0.1, 0.15) is 5.56 Å². The van der Waals surface area contributed by atoms with Gasteiger partial charge in [0.1, 0.15) is 6.54 Å². The quantitative estimate of drug-likeness (QED) is 0.543. The summed E-state index contributed by atoms with van der Waals surface area (Å²) >= 11 is 1.34. The molecule has 1 fully saturated rings. The molecule has 170 valence electrons. The van der Waals surface area contributed by atoms with E-state index in [4.69, 9.17) is 14.2 Å². The number of methoxy groups -OCH3 is 3. The topological polar surface area (TPSA) is 73.2 Å². The zero-order valence-corrected chi connectivity index (χ0v) is 19.3. The highest BCUT2D eigenvalue weighted by molar-refractivity contribution is 7.13. The molecule has 1 aromatic heterocycles. The van der Waals surface area contributed by atoms with Crippen molar-refractivity contribution in [1.29, 1.82) is 0 Å². The van der Waals surface area contributed by atoms with Gasteiger partial charge in [-0.2, -0.15) is 0 Å². The fourth-order valence-corrected chi connectivity index (χ4v) is 5.02. The Hall–Kier alpha value is -3.04. The fourth-order valence-electron chi connectivity index (χ4n) is 4.03. The van der Waals surface area contributed by atoms with Crippen LogP contribution >= 0.6 is 11.5 Å². The SMILES string of the molecule is COc1ccc(CN2CCN(C(=O)Cn3sc4ccccc4c3=O)CC2)c(OC)c1OC. The molecule has 1 saturated heterocycles. The van der Waals surface area contributed by atoms with Crippen molar-refractivity contribution in [2.24, 2.45) is 0 Å². The zero-order chi connectivity index (χ0) is 22.7. The number of hydrogen-bond donors (Lipinski definition) is 0. The summed E-state index contributed by atoms with van der Waals surface area (Å²) in [6.45, 7) is 3.49. The molecule has 2 heterocycles. The van der Waals surface area contributed by atoms with Crippen molar-refractivity contribution >= 4 is 27.5 Å². The number of ether oxygens (including phenoxy) is 3. The third-order valence-electron chi connectivity index (χ3n) is 5.74. The van der Waals surface area contributed by atoms with Crippen LogP contribution in [0.4, 0.5) is 0 Å². The minimum atomic E-state index is -0.0989. The Balaban J connectivity index is 1.38. The first-order valence-corrected chi connectivity index (χ1v) is 11.2. The lowest BCUT2D eigenvalue weighted by Crippen LogP contribution is -2.49. The van der Waals surface area contributed by atoms with Crippen molar-refractivity contribution in [2.75, 3.05) is 47.5 Å². The van der Waals surface area contributed by atoms with Crippen LogP contribution in [0.15, 0.2) is 41.2 Å². The number of piperazine rings is 1. The molecule has 0 aliphatic carbocycles. The standard InChI is InChI=1S/C23H27N3O5S/c1-29-18-9-8-16(21(30-2)22(18)31-3)14-24-10-12-25(13-11-24)20(27)15-26-23(28)17-6-4-5-7-19(17)32-26/h4-9H,10-15H2,1-3H3. The van der Waals surface area contributed by atoms with E-state index < -0.39 is 0 Å². The second-order valence-corrected chi connectivity index (χ2v) is 8.64. The summed E-state index contributed by atoms with van der Waals surface area (Å²) in [5, 5.41) is 0.666. The van der Waals surface area contributed by atoms with E-state index in [-0.39, 0.29) is 18.0 Å². The predicted octanol–water partition coefficient (Wildman–Crippen LogP) is 2.43. The number of carbonyl (C=O) groups is 1. The van der Waals surface area contributed by atoms with Gasteiger partial charge < -0.3 is 19.1 Å². The van der Waals surface area contributed by atoms with Gasteiger partial charge in [-0.15, -0.1) is 0 Å². The van der Waals surface area contributed by atoms with Crippen molar-refractivity contribution in [1.82, 2.24) is 13.8 Å². The Labute approximate surface area is 190 Å². The molecule has 8 nitrogen and oxygen atoms in total. The molecular weight excluding hydrogens is 430 g/mol. The number of rotatable bonds is 7. The summed E-state index contributed by atoms with van der Waals surface area (Å²) in [6, 6.07) is 11.3. The third-order valence-corrected chi connectivity index (χ3v) is 6.80. The molecule has 1 amide bonds. The molecule has 0 atom stereocenters. The minimum absolute atomic E-state index is 0.0259. The number of aromatic nitrogens is 1. The van der Waals surface area contributed by atoms with Gasteiger partial charge in [-0.05, 0) is 18.2 Å². The van der Waals surface area contributed by atoms with E-state index in [1.54, 1.807) is 31.4 Å². The molecule has 1 aliphatic heterocycles. The number of carbonyl (C=O) groups excluding carboxylic acids is 1. The van der Waals surface area contributed by atoms with Crippen LogP contribution in [0.2, 0.25) is 0 Å². The molecule has 0 radical (unpaired) electrons. The summed E-state index contributed by atoms with van der Waals surface area (Å²) < 4.78 is 18.9. The largest absolute Gasteiger partial charge is 0.493 e. The number of benzene rings is 2. The number of nitrogens with zero attached hydrogens (tertiary/aromatic N) is 3. The van der Waals surface area contributed by atoms with Crippen LogP contribution < -0.4 is 19.8 Å². The van der Waals surface area contributed by atoms with Gasteiger partial charge in [-0.1, -0.05) is 29.7 Å². The number of fused-ring (bicyclic) bond motifs is 1. The Bertz CT molecular complexity index is 1160. The molecule has 2 aromatic carbocycles. The predicted molar refractivity (Wildman–Crippen MR) is 124 cm³/mol. The van der Waals surface area contributed by atoms with Gasteiger partial charge in [-0.25, -0.2) is 0 Å². The molecule has 3 aromatic rings. The summed E-state index contributed by atoms with van der Waals surface area (Å²) in [5.74, 6) is 1.84. The second-order valence-electron chi connectivity index (χ2n) is 7.58. The number of hydrogen-bond acceptors (Lipinski definition) is 7. The normalized spacial score (nSPS) is 14.5. The van der Waals surface area contributed by atoms with Crippen LogP contribution in [0.3, 0.4) is 0 Å². The van der Waals surface area contributed by atoms with Crippen LogP contribution in [0, 0.1) is 0 Å². The highest BCUT2D eigenvalue weighted by Gasteiger charge is 2.24. The highest BCUT2D eigenvalue weighted by Crippen LogP contribution is 2.40. The lowest BCUT2D eigenvalue weighted by molar-refractivity contribution is -0.133. The Kier molecular flexibility index (Phi) is 6.66. The summed E-state index contributed by atoms with van der Waals surface area (Å²) in [6.07, 6.45) is 0. The van der Waals surface area contributed by atoms with E-state index in [0.29, 0.717) is 42.3 Å². The third kappa shape index (κ3) is 4.31. The Morgan fingerprint density at radius 2 is 1.66 bits per heavy atom. The van der Waals surface area contributed by atoms with Crippen molar-refractivity contribution in [3.05, 3.63) is 52.3 Å². The van der Waals surface area contributed by atoms with Crippen molar-refractivity contribution in [3.63, 3.8) is 0 Å². The van der Waals surface area contributed by atoms with E-state index in [9.17, 15) is 9.59 Å². The van der Waals surface area contributed by atoms with Crippen molar-refractivity contribution in [3.8, 4) is 17.2 Å². The summed E-state index contributed by atoms with van der Waals surface area (Å²) in [5.41, 5.74) is 0.903.